The van der Waals surface area contributed by atoms with Gasteiger partial charge in [-0.25, -0.2) is 0 Å². The molecule has 1 rings (SSSR count). The van der Waals surface area contributed by atoms with Crippen LogP contribution in [0, 0.1) is 0 Å². The fraction of sp³-hybridized carbons (Fsp3) is 0.684. The summed E-state index contributed by atoms with van der Waals surface area (Å²) in [5.41, 5.74) is 1.30. The molecule has 0 N–H and O–H groups in total. The molecule has 0 aromatic heterocycles. The molecule has 0 amide bonds. The van der Waals surface area contributed by atoms with E-state index in [0.29, 0.717) is 0 Å². The summed E-state index contributed by atoms with van der Waals surface area (Å²) < 4.78 is 11.4. The van der Waals surface area contributed by atoms with Gasteiger partial charge in [0.25, 0.3) is 0 Å². The summed E-state index contributed by atoms with van der Waals surface area (Å²) in [4.78, 5) is 0. The SMILES string of the molecule is CCCCCCCCC(c1ccccc1)C(C)(OC)OC. The Bertz CT molecular complexity index is 357. The van der Waals surface area contributed by atoms with Crippen molar-refractivity contribution in [3.63, 3.8) is 0 Å². The van der Waals surface area contributed by atoms with Gasteiger partial charge in [-0.2, -0.15) is 0 Å². The van der Waals surface area contributed by atoms with Crippen molar-refractivity contribution in [3.8, 4) is 0 Å². The maximum Gasteiger partial charge on any atom is 0.171 e. The number of unbranched alkanes of at least 4 members (excludes halogenated alkanes) is 5. The molecule has 1 aromatic carbocycles. The number of ether oxygens (including phenoxy) is 2. The van der Waals surface area contributed by atoms with Gasteiger partial charge in [-0.05, 0) is 18.9 Å². The van der Waals surface area contributed by atoms with Crippen molar-refractivity contribution in [2.75, 3.05) is 14.2 Å². The smallest absolute Gasteiger partial charge is 0.171 e. The molecule has 0 heterocycles. The fourth-order valence-electron chi connectivity index (χ4n) is 2.91. The van der Waals surface area contributed by atoms with E-state index < -0.39 is 5.79 Å². The van der Waals surface area contributed by atoms with E-state index in [-0.39, 0.29) is 5.92 Å². The Morgan fingerprint density at radius 3 is 2.05 bits per heavy atom. The van der Waals surface area contributed by atoms with Gasteiger partial charge in [0.05, 0.1) is 0 Å². The molecular weight excluding hydrogens is 260 g/mol. The highest BCUT2D eigenvalue weighted by Gasteiger charge is 2.34. The molecule has 0 saturated heterocycles. The summed E-state index contributed by atoms with van der Waals surface area (Å²) in [6, 6.07) is 10.6. The zero-order valence-corrected chi connectivity index (χ0v) is 14.2. The largest absolute Gasteiger partial charge is 0.353 e. The Morgan fingerprint density at radius 2 is 1.48 bits per heavy atom. The standard InChI is InChI=1S/C19H32O2/c1-5-6-7-8-9-13-16-18(19(2,20-3)21-4)17-14-11-10-12-15-17/h10-12,14-15,18H,5-9,13,16H2,1-4H3. The molecular formula is C19H32O2. The van der Waals surface area contributed by atoms with E-state index in [1.807, 2.05) is 6.92 Å². The number of hydrogen-bond donors (Lipinski definition) is 0. The van der Waals surface area contributed by atoms with Crippen molar-refractivity contribution in [1.82, 2.24) is 0 Å². The Kier molecular flexibility index (Phi) is 8.63. The molecule has 0 spiro atoms. The zero-order chi connectivity index (χ0) is 15.6. The van der Waals surface area contributed by atoms with E-state index in [0.717, 1.165) is 6.42 Å². The number of rotatable bonds is 11. The molecule has 0 bridgehead atoms. The zero-order valence-electron chi connectivity index (χ0n) is 14.2. The van der Waals surface area contributed by atoms with Crippen LogP contribution < -0.4 is 0 Å². The highest BCUT2D eigenvalue weighted by Crippen LogP contribution is 2.36. The Balaban J connectivity index is 2.62. The Morgan fingerprint density at radius 1 is 0.905 bits per heavy atom. The third-order valence-electron chi connectivity index (χ3n) is 4.49. The fourth-order valence-corrected chi connectivity index (χ4v) is 2.91. The van der Waals surface area contributed by atoms with E-state index in [2.05, 4.69) is 37.3 Å². The van der Waals surface area contributed by atoms with Crippen LogP contribution in [0.2, 0.25) is 0 Å². The van der Waals surface area contributed by atoms with E-state index >= 15 is 0 Å². The highest BCUT2D eigenvalue weighted by molar-refractivity contribution is 5.21. The van der Waals surface area contributed by atoms with Gasteiger partial charge in [-0.3, -0.25) is 0 Å². The predicted molar refractivity (Wildman–Crippen MR) is 89.6 cm³/mol. The Hall–Kier alpha value is -0.860. The van der Waals surface area contributed by atoms with Crippen LogP contribution >= 0.6 is 0 Å². The molecule has 0 saturated carbocycles. The Labute approximate surface area is 130 Å². The van der Waals surface area contributed by atoms with Crippen LogP contribution in [-0.4, -0.2) is 20.0 Å². The van der Waals surface area contributed by atoms with Gasteiger partial charge in [0.1, 0.15) is 0 Å². The molecule has 1 aromatic rings. The number of hydrogen-bond acceptors (Lipinski definition) is 2. The minimum absolute atomic E-state index is 0.278. The van der Waals surface area contributed by atoms with Crippen molar-refractivity contribution in [2.24, 2.45) is 0 Å². The summed E-state index contributed by atoms with van der Waals surface area (Å²) in [6.45, 7) is 4.30. The molecule has 0 aliphatic heterocycles. The third kappa shape index (κ3) is 5.80. The second kappa shape index (κ2) is 9.97. The van der Waals surface area contributed by atoms with Gasteiger partial charge in [0.2, 0.25) is 0 Å². The van der Waals surface area contributed by atoms with Gasteiger partial charge >= 0.3 is 0 Å². The predicted octanol–water partition coefficient (Wildman–Crippen LogP) is 5.53. The maximum absolute atomic E-state index is 5.68. The lowest BCUT2D eigenvalue weighted by Crippen LogP contribution is -2.37. The van der Waals surface area contributed by atoms with E-state index in [1.54, 1.807) is 14.2 Å². The molecule has 0 aliphatic rings. The van der Waals surface area contributed by atoms with Crippen LogP contribution in [0.15, 0.2) is 30.3 Å². The first kappa shape index (κ1) is 18.2. The normalized spacial score (nSPS) is 13.3. The minimum atomic E-state index is -0.551. The van der Waals surface area contributed by atoms with Crippen LogP contribution in [0.1, 0.15) is 70.3 Å². The first-order valence-corrected chi connectivity index (χ1v) is 8.33. The van der Waals surface area contributed by atoms with E-state index in [4.69, 9.17) is 9.47 Å². The molecule has 0 fully saturated rings. The summed E-state index contributed by atoms with van der Waals surface area (Å²) in [5.74, 6) is -0.273. The molecule has 0 radical (unpaired) electrons. The van der Waals surface area contributed by atoms with Crippen molar-refractivity contribution in [3.05, 3.63) is 35.9 Å². The first-order chi connectivity index (χ1) is 10.2. The second-order valence-corrected chi connectivity index (χ2v) is 5.94. The molecule has 0 aliphatic carbocycles. The lowest BCUT2D eigenvalue weighted by Gasteiger charge is -2.35. The topological polar surface area (TPSA) is 18.5 Å². The second-order valence-electron chi connectivity index (χ2n) is 5.94. The summed E-state index contributed by atoms with van der Waals surface area (Å²) in [6.07, 6.45) is 8.99. The minimum Gasteiger partial charge on any atom is -0.353 e. The van der Waals surface area contributed by atoms with Crippen molar-refractivity contribution >= 4 is 0 Å². The third-order valence-corrected chi connectivity index (χ3v) is 4.49. The quantitative estimate of drug-likeness (QED) is 0.394. The van der Waals surface area contributed by atoms with Crippen LogP contribution in [0.5, 0.6) is 0 Å². The van der Waals surface area contributed by atoms with Gasteiger partial charge in [-0.15, -0.1) is 0 Å². The number of benzene rings is 1. The first-order valence-electron chi connectivity index (χ1n) is 8.33. The molecule has 120 valence electrons. The monoisotopic (exact) mass is 292 g/mol. The van der Waals surface area contributed by atoms with Gasteiger partial charge in [0, 0.05) is 20.1 Å². The van der Waals surface area contributed by atoms with Crippen LogP contribution in [0.25, 0.3) is 0 Å². The average Bonchev–Trinajstić information content (AvgIpc) is 2.54. The van der Waals surface area contributed by atoms with Gasteiger partial charge in [-0.1, -0.05) is 75.8 Å². The molecule has 2 heteroatoms. The van der Waals surface area contributed by atoms with Crippen molar-refractivity contribution in [1.29, 1.82) is 0 Å². The molecule has 1 unspecified atom stereocenters. The highest BCUT2D eigenvalue weighted by atomic mass is 16.7. The van der Waals surface area contributed by atoms with Gasteiger partial charge < -0.3 is 9.47 Å². The van der Waals surface area contributed by atoms with Crippen LogP contribution in [0.4, 0.5) is 0 Å². The summed E-state index contributed by atoms with van der Waals surface area (Å²) in [7, 11) is 3.47. The van der Waals surface area contributed by atoms with Gasteiger partial charge in [0.15, 0.2) is 5.79 Å². The average molecular weight is 292 g/mol. The van der Waals surface area contributed by atoms with Crippen LogP contribution in [0.3, 0.4) is 0 Å². The molecule has 21 heavy (non-hydrogen) atoms. The van der Waals surface area contributed by atoms with E-state index in [9.17, 15) is 0 Å². The lowest BCUT2D eigenvalue weighted by molar-refractivity contribution is -0.210. The van der Waals surface area contributed by atoms with Crippen molar-refractivity contribution in [2.45, 2.75) is 70.5 Å². The lowest BCUT2D eigenvalue weighted by atomic mass is 9.86. The van der Waals surface area contributed by atoms with E-state index in [1.165, 1.54) is 44.1 Å². The summed E-state index contributed by atoms with van der Waals surface area (Å²) in [5, 5.41) is 0. The van der Waals surface area contributed by atoms with Crippen LogP contribution in [-0.2, 0) is 9.47 Å². The summed E-state index contributed by atoms with van der Waals surface area (Å²) >= 11 is 0. The number of methoxy groups -OCH3 is 2. The maximum atomic E-state index is 5.68. The van der Waals surface area contributed by atoms with Crippen molar-refractivity contribution < 1.29 is 9.47 Å². The molecule has 2 nitrogen and oxygen atoms in total. The molecule has 1 atom stereocenters.